The number of likely N-dealkylation sites (tertiary alicyclic amines) is 1. The van der Waals surface area contributed by atoms with Gasteiger partial charge in [0.25, 0.3) is 11.8 Å². The average Bonchev–Trinajstić information content (AvgIpc) is 3.40. The number of amides is 2. The molecule has 5 rings (SSSR count). The lowest BCUT2D eigenvalue weighted by molar-refractivity contribution is -0.114. The number of nitrogens with zero attached hydrogens (tertiary/aromatic N) is 2. The number of hydrogen-bond donors (Lipinski definition) is 1. The van der Waals surface area contributed by atoms with E-state index in [4.69, 9.17) is 11.6 Å². The minimum absolute atomic E-state index is 0.0533. The summed E-state index contributed by atoms with van der Waals surface area (Å²) in [5, 5.41) is 3.66. The monoisotopic (exact) mass is 517 g/mol. The molecule has 0 atom stereocenters. The summed E-state index contributed by atoms with van der Waals surface area (Å²) in [6, 6.07) is 22.9. The molecule has 2 aliphatic rings. The van der Waals surface area contributed by atoms with Crippen molar-refractivity contribution >= 4 is 46.9 Å². The molecule has 2 amide bonds. The highest BCUT2D eigenvalue weighted by molar-refractivity contribution is 8.04. The second-order valence-electron chi connectivity index (χ2n) is 9.03. The number of carbonyl (C=O) groups excluding carboxylic acids is 2. The zero-order valence-corrected chi connectivity index (χ0v) is 21.5. The number of anilines is 1. The molecule has 1 N–H and O–H groups in total. The SMILES string of the molecule is O=C(NCCN1CCCC1)c1ccc(/C=C2\Sc3ccccc3N(Cc3cccc(Cl)c3)C2=O)cc1. The van der Waals surface area contributed by atoms with E-state index in [2.05, 4.69) is 10.2 Å². The lowest BCUT2D eigenvalue weighted by Gasteiger charge is -2.30. The Morgan fingerprint density at radius 3 is 2.56 bits per heavy atom. The van der Waals surface area contributed by atoms with Crippen molar-refractivity contribution < 1.29 is 9.59 Å². The summed E-state index contributed by atoms with van der Waals surface area (Å²) >= 11 is 7.65. The van der Waals surface area contributed by atoms with Crippen LogP contribution >= 0.6 is 23.4 Å². The maximum atomic E-state index is 13.5. The van der Waals surface area contributed by atoms with Gasteiger partial charge in [0.05, 0.1) is 17.1 Å². The van der Waals surface area contributed by atoms with Gasteiger partial charge in [-0.15, -0.1) is 0 Å². The lowest BCUT2D eigenvalue weighted by Crippen LogP contribution is -2.33. The summed E-state index contributed by atoms with van der Waals surface area (Å²) in [5.74, 6) is -0.124. The third kappa shape index (κ3) is 5.84. The van der Waals surface area contributed by atoms with Crippen LogP contribution < -0.4 is 10.2 Å². The Hall–Kier alpha value is -3.06. The van der Waals surface area contributed by atoms with Crippen LogP contribution in [0.25, 0.3) is 6.08 Å². The van der Waals surface area contributed by atoms with E-state index in [9.17, 15) is 9.59 Å². The standard InChI is InChI=1S/C29H28ClN3O2S/c30-24-7-5-6-22(18-24)20-33-25-8-1-2-9-26(25)36-27(29(33)35)19-21-10-12-23(13-11-21)28(34)31-14-17-32-15-3-4-16-32/h1-2,5-13,18-19H,3-4,14-17,20H2,(H,31,34)/b27-19-. The highest BCUT2D eigenvalue weighted by Gasteiger charge is 2.29. The Morgan fingerprint density at radius 1 is 1.00 bits per heavy atom. The predicted octanol–water partition coefficient (Wildman–Crippen LogP) is 5.85. The molecule has 3 aromatic carbocycles. The molecule has 7 heteroatoms. The normalized spacial score (nSPS) is 16.9. The van der Waals surface area contributed by atoms with E-state index >= 15 is 0 Å². The first kappa shape index (κ1) is 24.6. The van der Waals surface area contributed by atoms with Gasteiger partial charge in [-0.1, -0.05) is 59.8 Å². The smallest absolute Gasteiger partial charge is 0.265 e. The number of benzene rings is 3. The average molecular weight is 518 g/mol. The summed E-state index contributed by atoms with van der Waals surface area (Å²) in [5.41, 5.74) is 3.36. The molecule has 184 valence electrons. The highest BCUT2D eigenvalue weighted by Crippen LogP contribution is 2.42. The van der Waals surface area contributed by atoms with Crippen LogP contribution in [0.15, 0.2) is 82.6 Å². The van der Waals surface area contributed by atoms with E-state index in [-0.39, 0.29) is 11.8 Å². The fraction of sp³-hybridized carbons (Fsp3) is 0.241. The maximum Gasteiger partial charge on any atom is 0.265 e. The van der Waals surface area contributed by atoms with Crippen LogP contribution in [0.2, 0.25) is 5.02 Å². The Balaban J connectivity index is 1.30. The predicted molar refractivity (Wildman–Crippen MR) is 147 cm³/mol. The second-order valence-corrected chi connectivity index (χ2v) is 10.5. The van der Waals surface area contributed by atoms with Gasteiger partial charge in [-0.2, -0.15) is 0 Å². The zero-order chi connectivity index (χ0) is 24.9. The van der Waals surface area contributed by atoms with E-state index < -0.39 is 0 Å². The van der Waals surface area contributed by atoms with Crippen molar-refractivity contribution in [3.05, 3.63) is 99.4 Å². The van der Waals surface area contributed by atoms with E-state index in [1.165, 1.54) is 24.6 Å². The van der Waals surface area contributed by atoms with Crippen molar-refractivity contribution in [2.45, 2.75) is 24.3 Å². The Morgan fingerprint density at radius 2 is 1.78 bits per heavy atom. The first-order valence-electron chi connectivity index (χ1n) is 12.2. The second kappa shape index (κ2) is 11.3. The fourth-order valence-electron chi connectivity index (χ4n) is 4.55. The molecule has 1 fully saturated rings. The zero-order valence-electron chi connectivity index (χ0n) is 20.0. The fourth-order valence-corrected chi connectivity index (χ4v) is 5.83. The molecule has 0 aliphatic carbocycles. The lowest BCUT2D eigenvalue weighted by atomic mass is 10.1. The molecule has 5 nitrogen and oxygen atoms in total. The van der Waals surface area contributed by atoms with Crippen molar-refractivity contribution in [3.8, 4) is 0 Å². The first-order chi connectivity index (χ1) is 17.6. The molecule has 0 aromatic heterocycles. The molecular weight excluding hydrogens is 490 g/mol. The summed E-state index contributed by atoms with van der Waals surface area (Å²) in [7, 11) is 0. The van der Waals surface area contributed by atoms with Crippen LogP contribution in [0.3, 0.4) is 0 Å². The van der Waals surface area contributed by atoms with Gasteiger partial charge in [0.2, 0.25) is 0 Å². The van der Waals surface area contributed by atoms with Gasteiger partial charge < -0.3 is 15.1 Å². The van der Waals surface area contributed by atoms with Crippen molar-refractivity contribution in [1.82, 2.24) is 10.2 Å². The van der Waals surface area contributed by atoms with Crippen molar-refractivity contribution in [2.24, 2.45) is 0 Å². The number of halogens is 1. The summed E-state index contributed by atoms with van der Waals surface area (Å²) < 4.78 is 0. The number of carbonyl (C=O) groups is 2. The van der Waals surface area contributed by atoms with E-state index in [0.29, 0.717) is 28.6 Å². The molecule has 0 unspecified atom stereocenters. The molecule has 1 saturated heterocycles. The van der Waals surface area contributed by atoms with Crippen molar-refractivity contribution in [2.75, 3.05) is 31.1 Å². The molecular formula is C29H28ClN3O2S. The van der Waals surface area contributed by atoms with Gasteiger partial charge >= 0.3 is 0 Å². The molecule has 2 aliphatic heterocycles. The minimum Gasteiger partial charge on any atom is -0.351 e. The molecule has 0 bridgehead atoms. The highest BCUT2D eigenvalue weighted by atomic mass is 35.5. The number of fused-ring (bicyclic) bond motifs is 1. The number of nitrogens with one attached hydrogen (secondary N) is 1. The van der Waals surface area contributed by atoms with Gasteiger partial charge in [0.15, 0.2) is 0 Å². The van der Waals surface area contributed by atoms with Gasteiger partial charge in [0.1, 0.15) is 0 Å². The van der Waals surface area contributed by atoms with Gasteiger partial charge in [-0.25, -0.2) is 0 Å². The first-order valence-corrected chi connectivity index (χ1v) is 13.4. The maximum absolute atomic E-state index is 13.5. The Bertz CT molecular complexity index is 1290. The Labute approximate surface area is 221 Å². The summed E-state index contributed by atoms with van der Waals surface area (Å²) in [6.45, 7) is 4.22. The van der Waals surface area contributed by atoms with Gasteiger partial charge in [-0.3, -0.25) is 9.59 Å². The van der Waals surface area contributed by atoms with Crippen molar-refractivity contribution in [3.63, 3.8) is 0 Å². The molecule has 0 saturated carbocycles. The van der Waals surface area contributed by atoms with Crippen molar-refractivity contribution in [1.29, 1.82) is 0 Å². The largest absolute Gasteiger partial charge is 0.351 e. The molecule has 2 heterocycles. The van der Waals surface area contributed by atoms with Crippen LogP contribution in [-0.2, 0) is 11.3 Å². The number of thioether (sulfide) groups is 1. The molecule has 0 radical (unpaired) electrons. The van der Waals surface area contributed by atoms with E-state index in [1.807, 2.05) is 78.9 Å². The molecule has 36 heavy (non-hydrogen) atoms. The van der Waals surface area contributed by atoms with E-state index in [0.717, 1.165) is 41.3 Å². The molecule has 0 spiro atoms. The number of para-hydroxylation sites is 1. The topological polar surface area (TPSA) is 52.7 Å². The van der Waals surface area contributed by atoms with Crippen LogP contribution in [-0.4, -0.2) is 42.9 Å². The van der Waals surface area contributed by atoms with Gasteiger partial charge in [0, 0.05) is 28.6 Å². The molecule has 3 aromatic rings. The van der Waals surface area contributed by atoms with Crippen LogP contribution in [0.5, 0.6) is 0 Å². The third-order valence-corrected chi connectivity index (χ3v) is 7.76. The van der Waals surface area contributed by atoms with Gasteiger partial charge in [-0.05, 0) is 79.5 Å². The number of hydrogen-bond acceptors (Lipinski definition) is 4. The van der Waals surface area contributed by atoms with Crippen LogP contribution in [0.1, 0.15) is 34.3 Å². The van der Waals surface area contributed by atoms with Crippen LogP contribution in [0, 0.1) is 0 Å². The van der Waals surface area contributed by atoms with Crippen LogP contribution in [0.4, 0.5) is 5.69 Å². The van der Waals surface area contributed by atoms with E-state index in [1.54, 1.807) is 4.90 Å². The third-order valence-electron chi connectivity index (χ3n) is 6.44. The number of rotatable bonds is 7. The summed E-state index contributed by atoms with van der Waals surface area (Å²) in [6.07, 6.45) is 4.38. The minimum atomic E-state index is -0.0712. The Kier molecular flexibility index (Phi) is 7.75. The summed E-state index contributed by atoms with van der Waals surface area (Å²) in [4.78, 5) is 31.9. The quantitative estimate of drug-likeness (QED) is 0.400.